The maximum absolute atomic E-state index is 12.6. The zero-order chi connectivity index (χ0) is 40.3. The molecule has 1 atom stereocenters. The second-order valence-corrected chi connectivity index (χ2v) is 15.2. The predicted octanol–water partition coefficient (Wildman–Crippen LogP) is -3.84. The van der Waals surface area contributed by atoms with Gasteiger partial charge in [0.1, 0.15) is 36.5 Å². The van der Waals surface area contributed by atoms with Gasteiger partial charge in [-0.05, 0) is 91.0 Å². The number of nitrogen functional groups attached to an aromatic ring is 1. The van der Waals surface area contributed by atoms with Gasteiger partial charge in [-0.2, -0.15) is 28.9 Å². The van der Waals surface area contributed by atoms with Gasteiger partial charge in [-0.25, -0.2) is 16.8 Å². The molecule has 4 N–H and O–H groups in total. The number of hydrogen-bond acceptors (Lipinski definition) is 19. The summed E-state index contributed by atoms with van der Waals surface area (Å²) in [6, 6.07) is 17.1. The molecular weight excluding hydrogens is 854 g/mol. The molecule has 0 aliphatic rings. The number of azo groups is 3. The third-order valence-electron chi connectivity index (χ3n) is 7.27. The van der Waals surface area contributed by atoms with Crippen LogP contribution in [-0.4, -0.2) is 61.7 Å². The Morgan fingerprint density at radius 3 is 1.64 bits per heavy atom. The molecule has 1 unspecified atom stereocenters. The van der Waals surface area contributed by atoms with E-state index in [9.17, 15) is 53.9 Å². The van der Waals surface area contributed by atoms with Crippen molar-refractivity contribution < 1.29 is 143 Å². The fourth-order valence-electron chi connectivity index (χ4n) is 4.70. The smallest absolute Gasteiger partial charge is 0.860 e. The van der Waals surface area contributed by atoms with E-state index in [1.807, 2.05) is 0 Å². The van der Waals surface area contributed by atoms with E-state index in [4.69, 9.17) is 5.73 Å². The number of carbonyl (C=O) groups is 1. The summed E-state index contributed by atoms with van der Waals surface area (Å²) in [6.45, 7) is 1.15. The van der Waals surface area contributed by atoms with Crippen LogP contribution in [0.25, 0.3) is 10.8 Å². The van der Waals surface area contributed by atoms with Crippen molar-refractivity contribution in [1.82, 2.24) is 0 Å². The third-order valence-corrected chi connectivity index (χ3v) is 9.84. The standard InChI is InChI=1S/C32H26N8O12S3.3Na/c1-17(41)28(32(43)34-19-5-3-2-4-6-19)38-35-20-7-9-21(10-8-20)36-39-29-24(54(47,48)49)15-18-16-25(55(50,51)52)30(31(42)26(18)27(29)33)40-37-22-11-13-23(14-12-22)53(44,45)46;;;/h2-16,28,42H,33H2,1H3,(H,34,43)(H,44,45,46)(H,47,48,49)(H,50,51,52);;;/q;3*+1/p-3. The SMILES string of the molecule is CC(=O)C(N=Nc1ccc(N=Nc2c(S(=O)(=O)[O-])cc3cc(S(=O)(=O)O)c(N=Nc4ccc(S(=O)(=O)[O-])cc4)c(O)c3c2N)cc1)C([O-])=Nc1ccccc1.[Na+].[Na+].[Na+]. The van der Waals surface area contributed by atoms with Crippen molar-refractivity contribution in [3.8, 4) is 5.75 Å². The molecule has 0 aliphatic heterocycles. The number of phenolic OH excluding ortho intramolecular Hbond substituents is 1. The number of carbonyl (C=O) groups excluding carboxylic acids is 1. The van der Waals surface area contributed by atoms with E-state index in [1.54, 1.807) is 30.3 Å². The molecule has 0 saturated carbocycles. The molecule has 26 heteroatoms. The van der Waals surface area contributed by atoms with Gasteiger partial charge in [0.15, 0.2) is 17.6 Å². The Morgan fingerprint density at radius 1 is 0.672 bits per heavy atom. The average Bonchev–Trinajstić information content (AvgIpc) is 3.10. The van der Waals surface area contributed by atoms with Gasteiger partial charge in [-0.3, -0.25) is 14.3 Å². The number of benzene rings is 5. The fraction of sp³-hybridized carbons (Fsp3) is 0.0625. The van der Waals surface area contributed by atoms with Gasteiger partial charge in [0.25, 0.3) is 10.1 Å². The number of phenols is 1. The number of hydrogen-bond donors (Lipinski definition) is 3. The number of aliphatic imine (C=N–C) groups is 1. The molecule has 0 aromatic heterocycles. The van der Waals surface area contributed by atoms with Crippen molar-refractivity contribution >= 4 is 92.6 Å². The average molecular weight is 877 g/mol. The largest absolute Gasteiger partial charge is 1.00 e. The normalized spacial score (nSPS) is 12.9. The first-order valence-corrected chi connectivity index (χ1v) is 19.3. The number of fused-ring (bicyclic) bond motifs is 1. The van der Waals surface area contributed by atoms with Crippen LogP contribution in [0.3, 0.4) is 0 Å². The minimum absolute atomic E-state index is 0. The second-order valence-electron chi connectivity index (χ2n) is 11.1. The van der Waals surface area contributed by atoms with Crippen LogP contribution in [-0.2, 0) is 35.1 Å². The van der Waals surface area contributed by atoms with Crippen molar-refractivity contribution in [3.63, 3.8) is 0 Å². The van der Waals surface area contributed by atoms with E-state index >= 15 is 0 Å². The first-order chi connectivity index (χ1) is 25.7. The quantitative estimate of drug-likeness (QED) is 0.0270. The van der Waals surface area contributed by atoms with Gasteiger partial charge in [-0.15, -0.1) is 10.2 Å². The van der Waals surface area contributed by atoms with Crippen LogP contribution in [0, 0.1) is 0 Å². The monoisotopic (exact) mass is 876 g/mol. The molecule has 20 nitrogen and oxygen atoms in total. The molecule has 0 fully saturated rings. The Hall–Kier alpha value is -3.37. The number of Topliss-reactive ketones (excluding diaryl/α,β-unsaturated/α-hetero) is 1. The zero-order valence-corrected chi connectivity index (χ0v) is 39.1. The molecule has 0 radical (unpaired) electrons. The number of para-hydroxylation sites is 1. The number of ketones is 1. The van der Waals surface area contributed by atoms with Gasteiger partial charge >= 0.3 is 88.7 Å². The fourth-order valence-corrected chi connectivity index (χ4v) is 6.49. The van der Waals surface area contributed by atoms with E-state index < -0.39 is 96.3 Å². The molecule has 0 bridgehead atoms. The Labute approximate surface area is 396 Å². The van der Waals surface area contributed by atoms with Crippen LogP contribution in [0.4, 0.5) is 39.8 Å². The summed E-state index contributed by atoms with van der Waals surface area (Å²) in [6.07, 6.45) is 0. The predicted molar refractivity (Wildman–Crippen MR) is 190 cm³/mol. The van der Waals surface area contributed by atoms with E-state index in [1.165, 1.54) is 24.3 Å². The summed E-state index contributed by atoms with van der Waals surface area (Å²) in [5, 5.41) is 45.5. The zero-order valence-electron chi connectivity index (χ0n) is 30.6. The van der Waals surface area contributed by atoms with Gasteiger partial charge in [0.2, 0.25) is 0 Å². The van der Waals surface area contributed by atoms with Crippen LogP contribution >= 0.6 is 0 Å². The van der Waals surface area contributed by atoms with Crippen LogP contribution in [0.15, 0.2) is 141 Å². The Bertz CT molecular complexity index is 2790. The summed E-state index contributed by atoms with van der Waals surface area (Å²) >= 11 is 0. The van der Waals surface area contributed by atoms with Crippen LogP contribution in [0.2, 0.25) is 0 Å². The minimum atomic E-state index is -5.41. The number of aromatic hydroxyl groups is 1. The van der Waals surface area contributed by atoms with Gasteiger partial charge < -0.3 is 25.1 Å². The number of nitrogens with zero attached hydrogens (tertiary/aromatic N) is 7. The molecule has 0 saturated heterocycles. The number of anilines is 1. The van der Waals surface area contributed by atoms with Crippen molar-refractivity contribution in [2.75, 3.05) is 5.73 Å². The molecule has 58 heavy (non-hydrogen) atoms. The molecule has 5 aromatic carbocycles. The minimum Gasteiger partial charge on any atom is -0.860 e. The van der Waals surface area contributed by atoms with Gasteiger partial charge in [-0.1, -0.05) is 18.2 Å². The number of nitrogens with two attached hydrogens (primary N) is 1. The number of rotatable bonds is 12. The third kappa shape index (κ3) is 12.6. The molecule has 0 aliphatic carbocycles. The summed E-state index contributed by atoms with van der Waals surface area (Å²) in [7, 11) is -15.5. The second kappa shape index (κ2) is 20.7. The van der Waals surface area contributed by atoms with E-state index in [0.717, 1.165) is 31.2 Å². The maximum Gasteiger partial charge on any atom is 1.00 e. The van der Waals surface area contributed by atoms with Crippen molar-refractivity contribution in [2.45, 2.75) is 27.7 Å². The molecule has 5 aromatic rings. The van der Waals surface area contributed by atoms with Gasteiger partial charge in [0, 0.05) is 0 Å². The molecular formula is C32H23N8Na3O12S3. The van der Waals surface area contributed by atoms with Gasteiger partial charge in [0.05, 0.1) is 43.6 Å². The Balaban J connectivity index is 0.00000387. The molecule has 0 amide bonds. The topological polar surface area (TPSA) is 342 Å². The van der Waals surface area contributed by atoms with Crippen LogP contribution in [0.1, 0.15) is 6.92 Å². The van der Waals surface area contributed by atoms with Crippen molar-refractivity contribution in [2.24, 2.45) is 35.7 Å². The molecule has 0 spiro atoms. The molecule has 0 heterocycles. The van der Waals surface area contributed by atoms with E-state index in [0.29, 0.717) is 17.8 Å². The molecule has 284 valence electrons. The summed E-state index contributed by atoms with van der Waals surface area (Å²) in [5.41, 5.74) is 4.17. The summed E-state index contributed by atoms with van der Waals surface area (Å²) in [5.74, 6) is -2.52. The van der Waals surface area contributed by atoms with Crippen LogP contribution in [0.5, 0.6) is 5.75 Å². The van der Waals surface area contributed by atoms with Crippen LogP contribution < -0.4 is 99.5 Å². The van der Waals surface area contributed by atoms with Crippen molar-refractivity contribution in [3.05, 3.63) is 91.0 Å². The summed E-state index contributed by atoms with van der Waals surface area (Å²) < 4.78 is 105. The maximum atomic E-state index is 12.6. The first-order valence-electron chi connectivity index (χ1n) is 15.0. The Morgan fingerprint density at radius 2 is 1.16 bits per heavy atom. The summed E-state index contributed by atoms with van der Waals surface area (Å²) in [4.78, 5) is 13.2. The molecule has 5 rings (SSSR count). The van der Waals surface area contributed by atoms with E-state index in [2.05, 4.69) is 35.7 Å². The Kier molecular flexibility index (Phi) is 18.2. The first kappa shape index (κ1) is 50.8. The van der Waals surface area contributed by atoms with Crippen molar-refractivity contribution in [1.29, 1.82) is 0 Å². The van der Waals surface area contributed by atoms with E-state index in [-0.39, 0.29) is 106 Å².